The van der Waals surface area contributed by atoms with E-state index in [9.17, 15) is 17.6 Å². The molecular formula is C16H15FO7S. The maximum atomic E-state index is 14.2. The van der Waals surface area contributed by atoms with Gasteiger partial charge in [0.15, 0.2) is 17.2 Å². The van der Waals surface area contributed by atoms with Crippen LogP contribution in [0.25, 0.3) is 0 Å². The molecule has 0 radical (unpaired) electrons. The normalized spacial score (nSPS) is 10.9. The molecule has 2 aromatic carbocycles. The van der Waals surface area contributed by atoms with E-state index < -0.39 is 26.8 Å². The van der Waals surface area contributed by atoms with Gasteiger partial charge >= 0.3 is 16.1 Å². The van der Waals surface area contributed by atoms with E-state index in [2.05, 4.69) is 4.74 Å². The first-order valence-corrected chi connectivity index (χ1v) is 8.28. The summed E-state index contributed by atoms with van der Waals surface area (Å²) in [4.78, 5) is 10.9. The number of halogens is 1. The van der Waals surface area contributed by atoms with Crippen LogP contribution in [0.3, 0.4) is 0 Å². The van der Waals surface area contributed by atoms with Crippen molar-refractivity contribution in [1.29, 1.82) is 0 Å². The van der Waals surface area contributed by atoms with Gasteiger partial charge in [0.05, 0.1) is 21.3 Å². The Labute approximate surface area is 144 Å². The zero-order chi connectivity index (χ0) is 18.6. The van der Waals surface area contributed by atoms with Gasteiger partial charge in [0.1, 0.15) is 16.3 Å². The van der Waals surface area contributed by atoms with Crippen LogP contribution in [-0.4, -0.2) is 35.7 Å². The molecule has 134 valence electrons. The summed E-state index contributed by atoms with van der Waals surface area (Å²) < 4.78 is 58.4. The first kappa shape index (κ1) is 18.5. The van der Waals surface area contributed by atoms with Crippen LogP contribution >= 0.6 is 0 Å². The second kappa shape index (κ2) is 7.39. The largest absolute Gasteiger partial charge is 0.493 e. The zero-order valence-electron chi connectivity index (χ0n) is 13.6. The monoisotopic (exact) mass is 370 g/mol. The standard InChI is InChI=1S/C16H15FO7S/c1-21-13-8-11(17)15(9-14(13)22-2)25(19,20)24-12-7-5-4-6-10(12)16(18)23-3/h4-9H,1-3H3. The Kier molecular flexibility index (Phi) is 5.48. The van der Waals surface area contributed by atoms with E-state index in [4.69, 9.17) is 13.7 Å². The molecule has 25 heavy (non-hydrogen) atoms. The zero-order valence-corrected chi connectivity index (χ0v) is 14.4. The van der Waals surface area contributed by atoms with Gasteiger partial charge in [-0.05, 0) is 12.1 Å². The Hall–Kier alpha value is -2.81. The Morgan fingerprint density at radius 2 is 1.56 bits per heavy atom. The third-order valence-electron chi connectivity index (χ3n) is 3.20. The molecule has 0 aromatic heterocycles. The lowest BCUT2D eigenvalue weighted by molar-refractivity contribution is 0.0599. The van der Waals surface area contributed by atoms with Gasteiger partial charge in [0.25, 0.3) is 0 Å². The molecule has 9 heteroatoms. The summed E-state index contributed by atoms with van der Waals surface area (Å²) in [5.41, 5.74) is -0.116. The number of carbonyl (C=O) groups is 1. The van der Waals surface area contributed by atoms with Gasteiger partial charge in [-0.1, -0.05) is 12.1 Å². The molecule has 2 rings (SSSR count). The Balaban J connectivity index is 2.50. The van der Waals surface area contributed by atoms with Crippen molar-refractivity contribution in [3.63, 3.8) is 0 Å². The van der Waals surface area contributed by atoms with Gasteiger partial charge in [0.2, 0.25) is 0 Å². The van der Waals surface area contributed by atoms with Crippen LogP contribution in [-0.2, 0) is 14.9 Å². The smallest absolute Gasteiger partial charge is 0.342 e. The Morgan fingerprint density at radius 3 is 2.16 bits per heavy atom. The number of hydrogen-bond donors (Lipinski definition) is 0. The van der Waals surface area contributed by atoms with E-state index in [0.717, 1.165) is 19.2 Å². The minimum absolute atomic E-state index is 0.00679. The van der Waals surface area contributed by atoms with E-state index in [1.807, 2.05) is 0 Å². The van der Waals surface area contributed by atoms with Crippen molar-refractivity contribution in [2.45, 2.75) is 4.90 Å². The van der Waals surface area contributed by atoms with Gasteiger partial charge < -0.3 is 18.4 Å². The molecule has 0 saturated carbocycles. The van der Waals surface area contributed by atoms with Crippen molar-refractivity contribution < 1.29 is 36.0 Å². The average molecular weight is 370 g/mol. The lowest BCUT2D eigenvalue weighted by Gasteiger charge is -2.13. The highest BCUT2D eigenvalue weighted by atomic mass is 32.2. The quantitative estimate of drug-likeness (QED) is 0.570. The van der Waals surface area contributed by atoms with Crippen LogP contribution in [0.15, 0.2) is 41.3 Å². The third kappa shape index (κ3) is 3.82. The average Bonchev–Trinajstić information content (AvgIpc) is 2.60. The first-order chi connectivity index (χ1) is 11.8. The maximum absolute atomic E-state index is 14.2. The number of methoxy groups -OCH3 is 3. The molecule has 0 fully saturated rings. The maximum Gasteiger partial charge on any atom is 0.342 e. The second-order valence-corrected chi connectivity index (χ2v) is 6.18. The predicted molar refractivity (Wildman–Crippen MR) is 85.1 cm³/mol. The number of benzene rings is 2. The fraction of sp³-hybridized carbons (Fsp3) is 0.188. The lowest BCUT2D eigenvalue weighted by Crippen LogP contribution is -2.14. The van der Waals surface area contributed by atoms with Crippen molar-refractivity contribution in [1.82, 2.24) is 0 Å². The molecule has 0 unspecified atom stereocenters. The van der Waals surface area contributed by atoms with Crippen LogP contribution in [0.1, 0.15) is 10.4 Å². The topological polar surface area (TPSA) is 88.1 Å². The van der Waals surface area contributed by atoms with E-state index >= 15 is 0 Å². The first-order valence-electron chi connectivity index (χ1n) is 6.87. The molecule has 0 heterocycles. The number of carbonyl (C=O) groups excluding carboxylic acids is 1. The minimum Gasteiger partial charge on any atom is -0.493 e. The molecule has 0 amide bonds. The molecule has 0 aliphatic heterocycles. The van der Waals surface area contributed by atoms with E-state index in [1.165, 1.54) is 38.5 Å². The molecular weight excluding hydrogens is 355 g/mol. The van der Waals surface area contributed by atoms with E-state index in [0.29, 0.717) is 0 Å². The van der Waals surface area contributed by atoms with Gasteiger partial charge in [-0.2, -0.15) is 8.42 Å². The SMILES string of the molecule is COC(=O)c1ccccc1OS(=O)(=O)c1cc(OC)c(OC)cc1F. The van der Waals surface area contributed by atoms with Crippen molar-refractivity contribution >= 4 is 16.1 Å². The highest BCUT2D eigenvalue weighted by Gasteiger charge is 2.26. The summed E-state index contributed by atoms with van der Waals surface area (Å²) in [6, 6.07) is 7.33. The predicted octanol–water partition coefficient (Wildman–Crippen LogP) is 2.40. The fourth-order valence-electron chi connectivity index (χ4n) is 2.01. The second-order valence-electron chi connectivity index (χ2n) is 4.66. The number of esters is 1. The highest BCUT2D eigenvalue weighted by Crippen LogP contribution is 2.33. The molecule has 0 bridgehead atoms. The van der Waals surface area contributed by atoms with Crippen LogP contribution in [0, 0.1) is 5.82 Å². The van der Waals surface area contributed by atoms with Gasteiger partial charge in [-0.25, -0.2) is 9.18 Å². The minimum atomic E-state index is -4.58. The molecule has 0 atom stereocenters. The van der Waals surface area contributed by atoms with Crippen LogP contribution < -0.4 is 13.7 Å². The summed E-state index contributed by atoms with van der Waals surface area (Å²) in [7, 11) is -0.880. The van der Waals surface area contributed by atoms with Crippen molar-refractivity contribution in [3.8, 4) is 17.2 Å². The van der Waals surface area contributed by atoms with E-state index in [-0.39, 0.29) is 22.8 Å². The lowest BCUT2D eigenvalue weighted by atomic mass is 10.2. The molecule has 0 aliphatic rings. The molecule has 0 aliphatic carbocycles. The molecule has 0 spiro atoms. The summed E-state index contributed by atoms with van der Waals surface area (Å²) in [5, 5.41) is 0. The van der Waals surface area contributed by atoms with Crippen LogP contribution in [0.2, 0.25) is 0 Å². The number of para-hydroxylation sites is 1. The van der Waals surface area contributed by atoms with E-state index in [1.54, 1.807) is 0 Å². The summed E-state index contributed by atoms with van der Waals surface area (Å²) >= 11 is 0. The summed E-state index contributed by atoms with van der Waals surface area (Å²) in [6.45, 7) is 0. The molecule has 7 nitrogen and oxygen atoms in total. The van der Waals surface area contributed by atoms with Crippen LogP contribution in [0.5, 0.6) is 17.2 Å². The third-order valence-corrected chi connectivity index (χ3v) is 4.45. The van der Waals surface area contributed by atoms with Gasteiger partial charge in [0, 0.05) is 12.1 Å². The highest BCUT2D eigenvalue weighted by molar-refractivity contribution is 7.87. The fourth-order valence-corrected chi connectivity index (χ4v) is 3.03. The summed E-state index contributed by atoms with van der Waals surface area (Å²) in [5.74, 6) is -2.14. The Bertz CT molecular complexity index is 893. The van der Waals surface area contributed by atoms with Gasteiger partial charge in [-0.15, -0.1) is 0 Å². The number of ether oxygens (including phenoxy) is 3. The molecule has 2 aromatic rings. The van der Waals surface area contributed by atoms with Crippen molar-refractivity contribution in [2.24, 2.45) is 0 Å². The van der Waals surface area contributed by atoms with Crippen molar-refractivity contribution in [3.05, 3.63) is 47.8 Å². The summed E-state index contributed by atoms with van der Waals surface area (Å²) in [6.07, 6.45) is 0. The number of rotatable bonds is 6. The molecule has 0 N–H and O–H groups in total. The van der Waals surface area contributed by atoms with Gasteiger partial charge in [-0.3, -0.25) is 0 Å². The number of hydrogen-bond acceptors (Lipinski definition) is 7. The molecule has 0 saturated heterocycles. The Morgan fingerprint density at radius 1 is 0.960 bits per heavy atom. The van der Waals surface area contributed by atoms with Crippen LogP contribution in [0.4, 0.5) is 4.39 Å². The van der Waals surface area contributed by atoms with Crippen molar-refractivity contribution in [2.75, 3.05) is 21.3 Å².